The second kappa shape index (κ2) is 5.89. The third-order valence-corrected chi connectivity index (χ3v) is 3.30. The molecule has 3 aromatic rings. The minimum Gasteiger partial charge on any atom is -0.497 e. The van der Waals surface area contributed by atoms with Gasteiger partial charge in [-0.2, -0.15) is 0 Å². The van der Waals surface area contributed by atoms with E-state index in [1.165, 1.54) is 0 Å². The molecule has 0 radical (unpaired) electrons. The second-order valence-corrected chi connectivity index (χ2v) is 4.84. The van der Waals surface area contributed by atoms with Gasteiger partial charge in [0.25, 0.3) is 0 Å². The summed E-state index contributed by atoms with van der Waals surface area (Å²) in [5.41, 5.74) is 1.84. The zero-order chi connectivity index (χ0) is 14.7. The van der Waals surface area contributed by atoms with Gasteiger partial charge in [-0.05, 0) is 36.4 Å². The van der Waals surface area contributed by atoms with Crippen LogP contribution < -0.4 is 10.1 Å². The van der Waals surface area contributed by atoms with E-state index in [9.17, 15) is 0 Å². The van der Waals surface area contributed by atoms with Gasteiger partial charge in [0.2, 0.25) is 0 Å². The Balaban J connectivity index is 1.83. The van der Waals surface area contributed by atoms with Crippen molar-refractivity contribution < 1.29 is 4.74 Å². The highest BCUT2D eigenvalue weighted by Crippen LogP contribution is 2.23. The fourth-order valence-electron chi connectivity index (χ4n) is 1.99. The molecular weight excluding hydrogens is 286 g/mol. The van der Waals surface area contributed by atoms with Crippen molar-refractivity contribution in [2.45, 2.75) is 0 Å². The third kappa shape index (κ3) is 3.01. The summed E-state index contributed by atoms with van der Waals surface area (Å²) in [4.78, 5) is 0. The Morgan fingerprint density at radius 2 is 1.76 bits per heavy atom. The van der Waals surface area contributed by atoms with E-state index in [4.69, 9.17) is 16.3 Å². The molecule has 0 unspecified atom stereocenters. The van der Waals surface area contributed by atoms with Crippen LogP contribution in [0.3, 0.4) is 0 Å². The number of para-hydroxylation sites is 1. The third-order valence-electron chi connectivity index (χ3n) is 3.03. The van der Waals surface area contributed by atoms with Gasteiger partial charge in [-0.15, -0.1) is 5.10 Å². The molecule has 0 aliphatic carbocycles. The fraction of sp³-hybridized carbons (Fsp3) is 0.0625. The number of ether oxygens (including phenoxy) is 1. The van der Waals surface area contributed by atoms with Gasteiger partial charge in [-0.1, -0.05) is 29.8 Å². The number of anilines is 2. The van der Waals surface area contributed by atoms with Crippen LogP contribution in [-0.2, 0) is 0 Å². The van der Waals surface area contributed by atoms with Crippen LogP contribution in [0, 0.1) is 0 Å². The van der Waals surface area contributed by atoms with Gasteiger partial charge >= 0.3 is 0 Å². The number of hydrogen-bond donors (Lipinski definition) is 1. The zero-order valence-electron chi connectivity index (χ0n) is 11.5. The highest BCUT2D eigenvalue weighted by atomic mass is 35.5. The minimum absolute atomic E-state index is 0.553. The normalized spacial score (nSPS) is 10.4. The van der Waals surface area contributed by atoms with Crippen molar-refractivity contribution in [3.63, 3.8) is 0 Å². The van der Waals surface area contributed by atoms with Gasteiger partial charge in [0.05, 0.1) is 12.8 Å². The van der Waals surface area contributed by atoms with Crippen molar-refractivity contribution in [1.29, 1.82) is 0 Å². The van der Waals surface area contributed by atoms with Gasteiger partial charge in [-0.25, -0.2) is 4.68 Å². The maximum atomic E-state index is 6.23. The minimum atomic E-state index is 0.553. The van der Waals surface area contributed by atoms with Gasteiger partial charge in [0, 0.05) is 11.8 Å². The first-order valence-electron chi connectivity index (χ1n) is 6.48. The average Bonchev–Trinajstić information content (AvgIpc) is 2.89. The molecule has 0 bridgehead atoms. The Bertz CT molecular complexity index is 723. The molecule has 106 valence electrons. The highest BCUT2D eigenvalue weighted by Gasteiger charge is 2.07. The maximum absolute atomic E-state index is 6.23. The van der Waals surface area contributed by atoms with Crippen LogP contribution in [-0.4, -0.2) is 16.9 Å². The first-order chi connectivity index (χ1) is 10.3. The molecule has 0 saturated heterocycles. The van der Waals surface area contributed by atoms with Crippen molar-refractivity contribution in [3.05, 3.63) is 65.8 Å². The Hall–Kier alpha value is -2.46. The van der Waals surface area contributed by atoms with Gasteiger partial charge in [0.1, 0.15) is 10.9 Å². The van der Waals surface area contributed by atoms with E-state index in [2.05, 4.69) is 10.4 Å². The second-order valence-electron chi connectivity index (χ2n) is 4.45. The number of halogens is 1. The molecule has 1 N–H and O–H groups in total. The molecule has 3 rings (SSSR count). The van der Waals surface area contributed by atoms with E-state index >= 15 is 0 Å². The largest absolute Gasteiger partial charge is 0.497 e. The predicted octanol–water partition coefficient (Wildman–Crippen LogP) is 4.28. The van der Waals surface area contributed by atoms with Gasteiger partial charge in [0.15, 0.2) is 5.82 Å². The smallest absolute Gasteiger partial charge is 0.154 e. The lowest BCUT2D eigenvalue weighted by Gasteiger charge is -2.04. The Labute approximate surface area is 127 Å². The Kier molecular flexibility index (Phi) is 3.79. The zero-order valence-corrected chi connectivity index (χ0v) is 12.2. The summed E-state index contributed by atoms with van der Waals surface area (Å²) in [5, 5.41) is 8.23. The van der Waals surface area contributed by atoms with Crippen LogP contribution in [0.2, 0.25) is 5.15 Å². The number of hydrogen-bond acceptors (Lipinski definition) is 3. The molecule has 1 aromatic heterocycles. The molecule has 21 heavy (non-hydrogen) atoms. The summed E-state index contributed by atoms with van der Waals surface area (Å²) < 4.78 is 6.82. The molecule has 0 spiro atoms. The standard InChI is InChI=1S/C16H14ClN3O/c1-21-14-9-7-12(8-10-14)18-16-11-15(17)20(19-16)13-5-3-2-4-6-13/h2-11H,1H3,(H,18,19). The number of nitrogens with zero attached hydrogens (tertiary/aromatic N) is 2. The van der Waals surface area contributed by atoms with Crippen molar-refractivity contribution in [2.24, 2.45) is 0 Å². The van der Waals surface area contributed by atoms with Crippen molar-refractivity contribution >= 4 is 23.1 Å². The topological polar surface area (TPSA) is 39.1 Å². The molecule has 0 aliphatic rings. The van der Waals surface area contributed by atoms with Crippen LogP contribution >= 0.6 is 11.6 Å². The first-order valence-corrected chi connectivity index (χ1v) is 6.86. The summed E-state index contributed by atoms with van der Waals surface area (Å²) in [6, 6.07) is 19.2. The molecule has 0 atom stereocenters. The van der Waals surface area contributed by atoms with Crippen molar-refractivity contribution in [1.82, 2.24) is 9.78 Å². The lowest BCUT2D eigenvalue weighted by atomic mass is 10.3. The number of methoxy groups -OCH3 is 1. The predicted molar refractivity (Wildman–Crippen MR) is 84.9 cm³/mol. The lowest BCUT2D eigenvalue weighted by molar-refractivity contribution is 0.415. The molecule has 0 saturated carbocycles. The van der Waals surface area contributed by atoms with Crippen LogP contribution in [0.25, 0.3) is 5.69 Å². The van der Waals surface area contributed by atoms with Crippen molar-refractivity contribution in [2.75, 3.05) is 12.4 Å². The molecule has 0 fully saturated rings. The summed E-state index contributed by atoms with van der Waals surface area (Å²) in [6.45, 7) is 0. The summed E-state index contributed by atoms with van der Waals surface area (Å²) >= 11 is 6.23. The SMILES string of the molecule is COc1ccc(Nc2cc(Cl)n(-c3ccccc3)n2)cc1. The number of aromatic nitrogens is 2. The molecule has 0 amide bonds. The Morgan fingerprint density at radius 1 is 1.05 bits per heavy atom. The van der Waals surface area contributed by atoms with Crippen molar-refractivity contribution in [3.8, 4) is 11.4 Å². The Morgan fingerprint density at radius 3 is 2.43 bits per heavy atom. The maximum Gasteiger partial charge on any atom is 0.154 e. The van der Waals surface area contributed by atoms with E-state index in [1.807, 2.05) is 54.6 Å². The van der Waals surface area contributed by atoms with Crippen LogP contribution in [0.5, 0.6) is 5.75 Å². The highest BCUT2D eigenvalue weighted by molar-refractivity contribution is 6.30. The van der Waals surface area contributed by atoms with Crippen LogP contribution in [0.4, 0.5) is 11.5 Å². The number of rotatable bonds is 4. The summed E-state index contributed by atoms with van der Waals surface area (Å²) in [6.07, 6.45) is 0. The monoisotopic (exact) mass is 299 g/mol. The summed E-state index contributed by atoms with van der Waals surface area (Å²) in [5.74, 6) is 1.50. The van der Waals surface area contributed by atoms with Gasteiger partial charge < -0.3 is 10.1 Å². The van der Waals surface area contributed by atoms with E-state index < -0.39 is 0 Å². The van der Waals surface area contributed by atoms with E-state index in [1.54, 1.807) is 17.9 Å². The molecule has 1 heterocycles. The summed E-state index contributed by atoms with van der Waals surface area (Å²) in [7, 11) is 1.64. The van der Waals surface area contributed by atoms with E-state index in [0.29, 0.717) is 11.0 Å². The average molecular weight is 300 g/mol. The van der Waals surface area contributed by atoms with E-state index in [0.717, 1.165) is 17.1 Å². The number of benzene rings is 2. The van der Waals surface area contributed by atoms with Gasteiger partial charge in [-0.3, -0.25) is 0 Å². The molecule has 2 aromatic carbocycles. The molecule has 0 aliphatic heterocycles. The fourth-order valence-corrected chi connectivity index (χ4v) is 2.23. The molecule has 5 heteroatoms. The first kappa shape index (κ1) is 13.5. The molecule has 4 nitrogen and oxygen atoms in total. The quantitative estimate of drug-likeness (QED) is 0.781. The lowest BCUT2D eigenvalue weighted by Crippen LogP contribution is -1.97. The van der Waals surface area contributed by atoms with E-state index in [-0.39, 0.29) is 0 Å². The molecular formula is C16H14ClN3O. The van der Waals surface area contributed by atoms with Crippen LogP contribution in [0.15, 0.2) is 60.7 Å². The van der Waals surface area contributed by atoms with Crippen LogP contribution in [0.1, 0.15) is 0 Å². The number of nitrogens with one attached hydrogen (secondary N) is 1.